The van der Waals surface area contributed by atoms with Crippen molar-refractivity contribution in [2.24, 2.45) is 0 Å². The number of benzene rings is 1. The summed E-state index contributed by atoms with van der Waals surface area (Å²) >= 11 is 0. The predicted molar refractivity (Wildman–Crippen MR) is 48.5 cm³/mol. The lowest BCUT2D eigenvalue weighted by atomic mass is 9.92. The largest absolute Gasteiger partial charge is 0.294 e. The fourth-order valence-corrected chi connectivity index (χ4v) is 1.33. The lowest BCUT2D eigenvalue weighted by Crippen LogP contribution is -2.07. The van der Waals surface area contributed by atoms with Crippen LogP contribution in [0, 0.1) is 6.42 Å². The first-order chi connectivity index (χ1) is 5.77. The second-order valence-corrected chi connectivity index (χ2v) is 2.96. The molecule has 12 heavy (non-hydrogen) atoms. The van der Waals surface area contributed by atoms with Gasteiger partial charge in [-0.05, 0) is 29.7 Å². The van der Waals surface area contributed by atoms with Gasteiger partial charge >= 0.3 is 0 Å². The van der Waals surface area contributed by atoms with Crippen LogP contribution in [0.3, 0.4) is 0 Å². The van der Waals surface area contributed by atoms with Gasteiger partial charge in [0.25, 0.3) is 0 Å². The van der Waals surface area contributed by atoms with Gasteiger partial charge in [-0.3, -0.25) is 4.79 Å². The molecule has 0 heterocycles. The third-order valence-corrected chi connectivity index (χ3v) is 2.04. The number of carbonyl (C=O) groups is 1. The quantitative estimate of drug-likeness (QED) is 0.564. The number of hydrogen-bond acceptors (Lipinski definition) is 1. The maximum atomic E-state index is 11.2. The summed E-state index contributed by atoms with van der Waals surface area (Å²) in [6.45, 7) is 1.84. The summed E-state index contributed by atoms with van der Waals surface area (Å²) in [5.74, 6) is 0.119. The molecule has 1 aliphatic carbocycles. The van der Waals surface area contributed by atoms with E-state index in [9.17, 15) is 4.79 Å². The normalized spacial score (nSPS) is 15.4. The number of ketones is 1. The van der Waals surface area contributed by atoms with E-state index in [1.54, 1.807) is 6.42 Å². The first-order valence-corrected chi connectivity index (χ1v) is 3.94. The van der Waals surface area contributed by atoms with Crippen molar-refractivity contribution >= 4 is 11.9 Å². The van der Waals surface area contributed by atoms with Gasteiger partial charge in [-0.25, -0.2) is 0 Å². The minimum absolute atomic E-state index is 0.119. The van der Waals surface area contributed by atoms with E-state index in [0.717, 1.165) is 16.7 Å². The Labute approximate surface area is 71.7 Å². The van der Waals surface area contributed by atoms with Crippen LogP contribution in [0.1, 0.15) is 18.1 Å². The number of Topliss-reactive ketones (excluding diaryl/α,β-unsaturated/α-hetero) is 1. The molecule has 0 N–H and O–H groups in total. The molecular weight excluding hydrogens is 148 g/mol. The Morgan fingerprint density at radius 2 is 1.75 bits per heavy atom. The predicted octanol–water partition coefficient (Wildman–Crippen LogP) is 2.22. The number of fused-ring (bicyclic) bond motifs is 1. The van der Waals surface area contributed by atoms with Crippen LogP contribution < -0.4 is 0 Å². The first-order valence-electron chi connectivity index (χ1n) is 3.94. The third-order valence-electron chi connectivity index (χ3n) is 2.04. The van der Waals surface area contributed by atoms with Crippen molar-refractivity contribution in [3.63, 3.8) is 0 Å². The molecule has 0 fully saturated rings. The summed E-state index contributed by atoms with van der Waals surface area (Å²) in [5.41, 5.74) is 2.97. The molecule has 0 saturated carbocycles. The zero-order chi connectivity index (χ0) is 8.55. The molecule has 1 nitrogen and oxygen atoms in total. The van der Waals surface area contributed by atoms with Crippen molar-refractivity contribution in [3.05, 3.63) is 47.4 Å². The Hall–Kier alpha value is -1.37. The summed E-state index contributed by atoms with van der Waals surface area (Å²) < 4.78 is 0. The standard InChI is InChI=1S/C11H9O/c1-8-6-9-4-2-3-5-10(9)7-11(8)12/h2-7H,1H3. The van der Waals surface area contributed by atoms with E-state index >= 15 is 0 Å². The van der Waals surface area contributed by atoms with E-state index in [2.05, 4.69) is 0 Å². The van der Waals surface area contributed by atoms with E-state index in [-0.39, 0.29) is 5.78 Å². The zero-order valence-electron chi connectivity index (χ0n) is 6.87. The van der Waals surface area contributed by atoms with Gasteiger partial charge in [0.1, 0.15) is 0 Å². The van der Waals surface area contributed by atoms with Gasteiger partial charge in [0.15, 0.2) is 5.78 Å². The Morgan fingerprint density at radius 3 is 2.50 bits per heavy atom. The van der Waals surface area contributed by atoms with Crippen LogP contribution in [-0.4, -0.2) is 5.78 Å². The van der Waals surface area contributed by atoms with Gasteiger partial charge in [0, 0.05) is 0 Å². The van der Waals surface area contributed by atoms with Gasteiger partial charge in [0.2, 0.25) is 0 Å². The number of hydrogen-bond donors (Lipinski definition) is 0. The molecule has 0 bridgehead atoms. The van der Waals surface area contributed by atoms with Gasteiger partial charge < -0.3 is 0 Å². The minimum atomic E-state index is 0.119. The Balaban J connectivity index is 2.56. The summed E-state index contributed by atoms with van der Waals surface area (Å²) in [4.78, 5) is 11.2. The molecule has 1 aromatic rings. The fraction of sp³-hybridized carbons (Fsp3) is 0.0909. The molecule has 1 heteroatoms. The van der Waals surface area contributed by atoms with Crippen LogP contribution in [0.2, 0.25) is 0 Å². The molecule has 59 valence electrons. The molecule has 0 saturated heterocycles. The zero-order valence-corrected chi connectivity index (χ0v) is 6.87. The van der Waals surface area contributed by atoms with E-state index in [0.29, 0.717) is 0 Å². The van der Waals surface area contributed by atoms with E-state index in [1.165, 1.54) is 0 Å². The van der Waals surface area contributed by atoms with Crippen LogP contribution in [0.5, 0.6) is 0 Å². The van der Waals surface area contributed by atoms with Gasteiger partial charge in [0.05, 0.1) is 6.42 Å². The molecule has 1 aromatic carbocycles. The Bertz CT molecular complexity index is 361. The van der Waals surface area contributed by atoms with Crippen molar-refractivity contribution in [2.45, 2.75) is 6.92 Å². The van der Waals surface area contributed by atoms with E-state index in [4.69, 9.17) is 0 Å². The van der Waals surface area contributed by atoms with Crippen molar-refractivity contribution in [1.29, 1.82) is 0 Å². The van der Waals surface area contributed by atoms with Crippen molar-refractivity contribution in [1.82, 2.24) is 0 Å². The highest BCUT2D eigenvalue weighted by Gasteiger charge is 2.14. The summed E-state index contributed by atoms with van der Waals surface area (Å²) in [6.07, 6.45) is 3.61. The van der Waals surface area contributed by atoms with E-state index in [1.807, 2.05) is 37.3 Å². The van der Waals surface area contributed by atoms with Gasteiger partial charge in [-0.2, -0.15) is 0 Å². The average molecular weight is 157 g/mol. The number of allylic oxidation sites excluding steroid dienone is 1. The molecule has 0 aliphatic heterocycles. The molecule has 0 amide bonds. The van der Waals surface area contributed by atoms with Crippen molar-refractivity contribution in [3.8, 4) is 0 Å². The summed E-state index contributed by atoms with van der Waals surface area (Å²) in [5, 5.41) is 0. The van der Waals surface area contributed by atoms with Crippen LogP contribution in [0.25, 0.3) is 6.08 Å². The second-order valence-electron chi connectivity index (χ2n) is 2.96. The van der Waals surface area contributed by atoms with E-state index < -0.39 is 0 Å². The molecule has 1 radical (unpaired) electrons. The SMILES string of the molecule is CC1=Cc2ccccc2[CH]C1=O. The third kappa shape index (κ3) is 1.07. The molecule has 0 aromatic heterocycles. The molecule has 2 rings (SSSR count). The minimum Gasteiger partial charge on any atom is -0.294 e. The van der Waals surface area contributed by atoms with Gasteiger partial charge in [-0.1, -0.05) is 24.3 Å². The summed E-state index contributed by atoms with van der Waals surface area (Å²) in [6, 6.07) is 7.89. The number of rotatable bonds is 0. The lowest BCUT2D eigenvalue weighted by Gasteiger charge is -2.11. The smallest absolute Gasteiger partial charge is 0.167 e. The highest BCUT2D eigenvalue weighted by Crippen LogP contribution is 2.21. The van der Waals surface area contributed by atoms with Crippen LogP contribution in [0.15, 0.2) is 29.8 Å². The molecule has 0 unspecified atom stereocenters. The highest BCUT2D eigenvalue weighted by atomic mass is 16.1. The molecule has 0 atom stereocenters. The maximum absolute atomic E-state index is 11.2. The molecular formula is C11H9O. The maximum Gasteiger partial charge on any atom is 0.167 e. The Kier molecular flexibility index (Phi) is 1.58. The lowest BCUT2D eigenvalue weighted by molar-refractivity contribution is -0.112. The van der Waals surface area contributed by atoms with Crippen LogP contribution in [0.4, 0.5) is 0 Å². The fourth-order valence-electron chi connectivity index (χ4n) is 1.33. The van der Waals surface area contributed by atoms with Crippen LogP contribution >= 0.6 is 0 Å². The second kappa shape index (κ2) is 2.59. The topological polar surface area (TPSA) is 17.1 Å². The monoisotopic (exact) mass is 157 g/mol. The van der Waals surface area contributed by atoms with Gasteiger partial charge in [-0.15, -0.1) is 0 Å². The highest BCUT2D eigenvalue weighted by molar-refractivity contribution is 6.09. The average Bonchev–Trinajstić information content (AvgIpc) is 2.07. The Morgan fingerprint density at radius 1 is 1.08 bits per heavy atom. The first kappa shape index (κ1) is 7.29. The molecule has 1 aliphatic rings. The number of carbonyl (C=O) groups excluding carboxylic acids is 1. The summed E-state index contributed by atoms with van der Waals surface area (Å²) in [7, 11) is 0. The van der Waals surface area contributed by atoms with Crippen molar-refractivity contribution < 1.29 is 4.79 Å². The van der Waals surface area contributed by atoms with Crippen LogP contribution in [-0.2, 0) is 4.79 Å². The van der Waals surface area contributed by atoms with Crippen molar-refractivity contribution in [2.75, 3.05) is 0 Å². The molecule has 0 spiro atoms.